The number of benzene rings is 2. The Morgan fingerprint density at radius 2 is 1.79 bits per heavy atom. The van der Waals surface area contributed by atoms with Crippen molar-refractivity contribution in [3.63, 3.8) is 0 Å². The van der Waals surface area contributed by atoms with Gasteiger partial charge in [0.15, 0.2) is 5.60 Å². The van der Waals surface area contributed by atoms with Crippen LogP contribution in [0, 0.1) is 0 Å². The first kappa shape index (κ1) is 24.7. The zero-order valence-electron chi connectivity index (χ0n) is 22.1. The lowest BCUT2D eigenvalue weighted by Crippen LogP contribution is -2.35. The number of cyclic esters (lactones) is 1. The van der Waals surface area contributed by atoms with Crippen molar-refractivity contribution in [1.29, 1.82) is 0 Å². The van der Waals surface area contributed by atoms with Gasteiger partial charge in [-0.3, -0.25) is 4.79 Å². The zero-order chi connectivity index (χ0) is 26.4. The maximum absolute atomic E-state index is 12.5. The van der Waals surface area contributed by atoms with E-state index >= 15 is 0 Å². The molecule has 1 atom stereocenters. The Bertz CT molecular complexity index is 1350. The van der Waals surface area contributed by atoms with E-state index in [9.17, 15) is 9.59 Å². The summed E-state index contributed by atoms with van der Waals surface area (Å²) in [5.74, 6) is -0.318. The third-order valence-corrected chi connectivity index (χ3v) is 7.84. The Balaban J connectivity index is 1.26. The van der Waals surface area contributed by atoms with E-state index in [2.05, 4.69) is 52.6 Å². The Morgan fingerprint density at radius 3 is 2.50 bits per heavy atom. The van der Waals surface area contributed by atoms with Gasteiger partial charge in [-0.15, -0.1) is 0 Å². The largest absolute Gasteiger partial charge is 0.433 e. The summed E-state index contributed by atoms with van der Waals surface area (Å²) in [5, 5.41) is 3.61. The first-order valence-corrected chi connectivity index (χ1v) is 13.3. The molecule has 0 radical (unpaired) electrons. The van der Waals surface area contributed by atoms with Crippen LogP contribution >= 0.6 is 0 Å². The summed E-state index contributed by atoms with van der Waals surface area (Å²) in [5.41, 5.74) is 6.29. The van der Waals surface area contributed by atoms with Gasteiger partial charge in [0.1, 0.15) is 6.10 Å². The van der Waals surface area contributed by atoms with Crippen LogP contribution in [-0.2, 0) is 27.4 Å². The molecule has 2 amide bonds. The van der Waals surface area contributed by atoms with Crippen LogP contribution in [0.25, 0.3) is 11.3 Å². The smallest absolute Gasteiger partial charge is 0.418 e. The van der Waals surface area contributed by atoms with Crippen LogP contribution in [0.4, 0.5) is 10.5 Å². The summed E-state index contributed by atoms with van der Waals surface area (Å²) in [6, 6.07) is 18.6. The first-order chi connectivity index (χ1) is 18.3. The number of likely N-dealkylation sites (tertiary alicyclic amines) is 1. The first-order valence-electron chi connectivity index (χ1n) is 13.3. The minimum Gasteiger partial charge on any atom is -0.433 e. The summed E-state index contributed by atoms with van der Waals surface area (Å²) in [6.07, 6.45) is 1.49. The van der Waals surface area contributed by atoms with E-state index in [1.165, 1.54) is 11.1 Å². The third-order valence-electron chi connectivity index (χ3n) is 7.84. The summed E-state index contributed by atoms with van der Waals surface area (Å²) in [7, 11) is 2.16. The van der Waals surface area contributed by atoms with Crippen molar-refractivity contribution in [2.75, 3.05) is 25.5 Å². The fourth-order valence-corrected chi connectivity index (χ4v) is 5.56. The molecule has 4 heterocycles. The molecule has 8 nitrogen and oxygen atoms in total. The predicted octanol–water partition coefficient (Wildman–Crippen LogP) is 5.06. The highest BCUT2D eigenvalue weighted by molar-refractivity contribution is 6.02. The number of imide groups is 1. The number of amides is 2. The molecular weight excluding hydrogens is 480 g/mol. The Kier molecular flexibility index (Phi) is 6.24. The van der Waals surface area contributed by atoms with Crippen molar-refractivity contribution in [1.82, 2.24) is 14.8 Å². The van der Waals surface area contributed by atoms with Crippen LogP contribution in [0.15, 0.2) is 54.6 Å². The Labute approximate surface area is 222 Å². The molecule has 0 aliphatic carbocycles. The number of anilines is 1. The molecule has 2 saturated heterocycles. The summed E-state index contributed by atoms with van der Waals surface area (Å²) >= 11 is 0. The van der Waals surface area contributed by atoms with Crippen molar-refractivity contribution in [3.05, 3.63) is 77.0 Å². The van der Waals surface area contributed by atoms with Gasteiger partial charge < -0.3 is 24.7 Å². The fourth-order valence-electron chi connectivity index (χ4n) is 5.56. The maximum Gasteiger partial charge on any atom is 0.418 e. The third kappa shape index (κ3) is 4.59. The highest BCUT2D eigenvalue weighted by atomic mass is 16.6. The van der Waals surface area contributed by atoms with Crippen LogP contribution in [0.5, 0.6) is 0 Å². The van der Waals surface area contributed by atoms with Gasteiger partial charge in [0.05, 0.1) is 24.0 Å². The Morgan fingerprint density at radius 1 is 1.05 bits per heavy atom. The highest BCUT2D eigenvalue weighted by Crippen LogP contribution is 2.40. The number of piperidine rings is 1. The number of carbonyl (C=O) groups is 2. The SMILES string of the molecule is CN1CCC(OC2c3ccccc3CNc3cc(-c4ccc(CN5C(=O)OC(C)(C)C5=O)cc4)[nH]c32)CC1. The topological polar surface area (TPSA) is 86.9 Å². The molecule has 3 aliphatic heterocycles. The van der Waals surface area contributed by atoms with Gasteiger partial charge in [0.25, 0.3) is 5.91 Å². The number of aromatic amines is 1. The number of nitrogens with one attached hydrogen (secondary N) is 2. The molecule has 0 bridgehead atoms. The lowest BCUT2D eigenvalue weighted by molar-refractivity contribution is -0.134. The van der Waals surface area contributed by atoms with E-state index < -0.39 is 11.7 Å². The van der Waals surface area contributed by atoms with Gasteiger partial charge in [-0.05, 0) is 62.1 Å². The van der Waals surface area contributed by atoms with Gasteiger partial charge in [0.2, 0.25) is 0 Å². The molecule has 6 rings (SSSR count). The minimum absolute atomic E-state index is 0.173. The highest BCUT2D eigenvalue weighted by Gasteiger charge is 2.46. The van der Waals surface area contributed by atoms with Crippen LogP contribution < -0.4 is 5.32 Å². The van der Waals surface area contributed by atoms with Crippen molar-refractivity contribution < 1.29 is 19.1 Å². The normalized spacial score (nSPS) is 21.4. The van der Waals surface area contributed by atoms with Crippen molar-refractivity contribution >= 4 is 17.7 Å². The molecule has 8 heteroatoms. The van der Waals surface area contributed by atoms with E-state index in [1.54, 1.807) is 13.8 Å². The van der Waals surface area contributed by atoms with E-state index in [1.807, 2.05) is 24.3 Å². The van der Waals surface area contributed by atoms with Gasteiger partial charge in [0, 0.05) is 25.3 Å². The maximum atomic E-state index is 12.5. The van der Waals surface area contributed by atoms with E-state index in [4.69, 9.17) is 9.47 Å². The average Bonchev–Trinajstić information content (AvgIpc) is 3.36. The number of hydrogen-bond acceptors (Lipinski definition) is 6. The summed E-state index contributed by atoms with van der Waals surface area (Å²) in [4.78, 5) is 31.8. The number of fused-ring (bicyclic) bond motifs is 2. The lowest BCUT2D eigenvalue weighted by Gasteiger charge is -2.32. The fraction of sp³-hybridized carbons (Fsp3) is 0.400. The van der Waals surface area contributed by atoms with Crippen molar-refractivity contribution in [2.45, 2.75) is 57.6 Å². The molecule has 3 aliphatic rings. The quantitative estimate of drug-likeness (QED) is 0.495. The molecule has 0 saturated carbocycles. The molecule has 2 N–H and O–H groups in total. The number of nitrogens with zero attached hydrogens (tertiary/aromatic N) is 2. The van der Waals surface area contributed by atoms with Crippen LogP contribution in [0.3, 0.4) is 0 Å². The molecule has 0 spiro atoms. The second-order valence-corrected chi connectivity index (χ2v) is 11.0. The van der Waals surface area contributed by atoms with E-state index in [0.29, 0.717) is 0 Å². The van der Waals surface area contributed by atoms with Crippen LogP contribution in [0.1, 0.15) is 55.2 Å². The molecule has 3 aromatic rings. The predicted molar refractivity (Wildman–Crippen MR) is 145 cm³/mol. The number of hydrogen-bond donors (Lipinski definition) is 2. The van der Waals surface area contributed by atoms with Crippen LogP contribution in [-0.4, -0.2) is 58.6 Å². The number of ether oxygens (including phenoxy) is 2. The van der Waals surface area contributed by atoms with Gasteiger partial charge in [-0.1, -0.05) is 48.5 Å². The second kappa shape index (κ2) is 9.60. The number of aromatic nitrogens is 1. The molecule has 38 heavy (non-hydrogen) atoms. The van der Waals surface area contributed by atoms with Crippen molar-refractivity contribution in [2.24, 2.45) is 0 Å². The van der Waals surface area contributed by atoms with E-state index in [0.717, 1.165) is 65.6 Å². The van der Waals surface area contributed by atoms with Crippen LogP contribution in [0.2, 0.25) is 0 Å². The monoisotopic (exact) mass is 514 g/mol. The zero-order valence-corrected chi connectivity index (χ0v) is 22.1. The number of rotatable bonds is 5. The average molecular weight is 515 g/mol. The van der Waals surface area contributed by atoms with Gasteiger partial charge in [-0.25, -0.2) is 9.69 Å². The molecular formula is C30H34N4O4. The second-order valence-electron chi connectivity index (χ2n) is 11.0. The van der Waals surface area contributed by atoms with Gasteiger partial charge in [-0.2, -0.15) is 0 Å². The number of carbonyl (C=O) groups excluding carboxylic acids is 2. The summed E-state index contributed by atoms with van der Waals surface area (Å²) < 4.78 is 12.0. The van der Waals surface area contributed by atoms with Crippen molar-refractivity contribution in [3.8, 4) is 11.3 Å². The van der Waals surface area contributed by atoms with Gasteiger partial charge >= 0.3 is 6.09 Å². The standard InChI is InChI=1S/C30H34N4O4/c1-30(2)28(35)34(29(36)38-30)18-19-8-10-20(11-9-19)24-16-25-26(32-24)27(37-22-12-14-33(3)15-13-22)23-7-5-4-6-21(23)17-31-25/h4-11,16,22,27,31-32H,12-15,17-18H2,1-3H3. The number of H-pyrrole nitrogens is 1. The summed E-state index contributed by atoms with van der Waals surface area (Å²) in [6.45, 7) is 6.25. The molecule has 2 fully saturated rings. The minimum atomic E-state index is -1.11. The lowest BCUT2D eigenvalue weighted by atomic mass is 10.00. The molecule has 1 aromatic heterocycles. The molecule has 2 aromatic carbocycles. The molecule has 198 valence electrons. The Hall–Kier alpha value is -3.62. The molecule has 1 unspecified atom stereocenters. The van der Waals surface area contributed by atoms with E-state index in [-0.39, 0.29) is 24.7 Å².